The summed E-state index contributed by atoms with van der Waals surface area (Å²) in [5.41, 5.74) is 1.21. The first kappa shape index (κ1) is 19.3. The Morgan fingerprint density at radius 2 is 1.92 bits per heavy atom. The highest BCUT2D eigenvalue weighted by Crippen LogP contribution is 2.23. The molecular weight excluding hydrogens is 354 g/mol. The van der Waals surface area contributed by atoms with Crippen LogP contribution in [0.15, 0.2) is 23.1 Å². The van der Waals surface area contributed by atoms with E-state index in [4.69, 9.17) is 4.74 Å². The van der Waals surface area contributed by atoms with Gasteiger partial charge in [-0.1, -0.05) is 6.07 Å². The average Bonchev–Trinajstić information content (AvgIpc) is 3.18. The number of quaternary nitrogens is 1. The van der Waals surface area contributed by atoms with E-state index in [1.165, 1.54) is 15.3 Å². The summed E-state index contributed by atoms with van der Waals surface area (Å²) in [6, 6.07) is 4.82. The summed E-state index contributed by atoms with van der Waals surface area (Å²) < 4.78 is 32.3. The van der Waals surface area contributed by atoms with Crippen LogP contribution in [0.4, 0.5) is 0 Å². The van der Waals surface area contributed by atoms with Crippen molar-refractivity contribution in [3.05, 3.63) is 29.3 Å². The van der Waals surface area contributed by atoms with Crippen molar-refractivity contribution >= 4 is 15.9 Å². The lowest BCUT2D eigenvalue weighted by molar-refractivity contribution is -0.906. The quantitative estimate of drug-likeness (QED) is 0.690. The molecule has 0 bridgehead atoms. The van der Waals surface area contributed by atoms with Gasteiger partial charge in [-0.25, -0.2) is 8.42 Å². The van der Waals surface area contributed by atoms with Crippen molar-refractivity contribution in [2.24, 2.45) is 0 Å². The molecule has 2 aliphatic heterocycles. The summed E-state index contributed by atoms with van der Waals surface area (Å²) in [6.45, 7) is 7.79. The number of rotatable bonds is 6. The lowest BCUT2D eigenvalue weighted by Gasteiger charge is -2.23. The standard InChI is InChI=1S/C18H27N3O4S/c1-15-4-5-16(26(23,24)21-7-2-3-8-21)14-17(15)18(22)19-6-9-20-10-12-25-13-11-20/h4-5,14H,2-3,6-13H2,1H3,(H,19,22)/p+1. The van der Waals surface area contributed by atoms with Crippen molar-refractivity contribution in [1.82, 2.24) is 9.62 Å². The molecule has 2 fully saturated rings. The van der Waals surface area contributed by atoms with Gasteiger partial charge in [0.05, 0.1) is 31.2 Å². The first-order valence-corrected chi connectivity index (χ1v) is 10.7. The van der Waals surface area contributed by atoms with Crippen LogP contribution in [0.2, 0.25) is 0 Å². The van der Waals surface area contributed by atoms with Crippen molar-refractivity contribution in [2.45, 2.75) is 24.7 Å². The maximum absolute atomic E-state index is 12.7. The Labute approximate surface area is 155 Å². The molecule has 2 aliphatic rings. The number of carbonyl (C=O) groups excluding carboxylic acids is 1. The Bertz CT molecular complexity index is 739. The molecule has 1 aromatic carbocycles. The Morgan fingerprint density at radius 3 is 2.62 bits per heavy atom. The molecule has 0 atom stereocenters. The minimum absolute atomic E-state index is 0.203. The van der Waals surface area contributed by atoms with Crippen molar-refractivity contribution in [3.8, 4) is 0 Å². The van der Waals surface area contributed by atoms with E-state index in [-0.39, 0.29) is 10.8 Å². The fourth-order valence-corrected chi connectivity index (χ4v) is 4.99. The first-order valence-electron chi connectivity index (χ1n) is 9.29. The number of hydrogen-bond acceptors (Lipinski definition) is 4. The van der Waals surface area contributed by atoms with Crippen LogP contribution in [0.3, 0.4) is 0 Å². The molecule has 144 valence electrons. The van der Waals surface area contributed by atoms with Crippen LogP contribution >= 0.6 is 0 Å². The van der Waals surface area contributed by atoms with Crippen LogP contribution < -0.4 is 10.2 Å². The first-order chi connectivity index (χ1) is 12.5. The molecule has 1 aromatic rings. The lowest BCUT2D eigenvalue weighted by Crippen LogP contribution is -3.14. The monoisotopic (exact) mass is 382 g/mol. The Morgan fingerprint density at radius 1 is 1.23 bits per heavy atom. The van der Waals surface area contributed by atoms with E-state index < -0.39 is 10.0 Å². The predicted octanol–water partition coefficient (Wildman–Crippen LogP) is -0.576. The summed E-state index contributed by atoms with van der Waals surface area (Å²) in [6.07, 6.45) is 1.78. The zero-order valence-corrected chi connectivity index (χ0v) is 16.1. The van der Waals surface area contributed by atoms with Crippen LogP contribution in [-0.2, 0) is 14.8 Å². The van der Waals surface area contributed by atoms with Gasteiger partial charge in [0.15, 0.2) is 0 Å². The van der Waals surface area contributed by atoms with Gasteiger partial charge < -0.3 is 15.0 Å². The van der Waals surface area contributed by atoms with Crippen molar-refractivity contribution in [2.75, 3.05) is 52.5 Å². The molecule has 2 saturated heterocycles. The highest BCUT2D eigenvalue weighted by molar-refractivity contribution is 7.89. The third-order valence-electron chi connectivity index (χ3n) is 5.12. The summed E-state index contributed by atoms with van der Waals surface area (Å²) in [4.78, 5) is 14.2. The number of benzene rings is 1. The van der Waals surface area contributed by atoms with E-state index >= 15 is 0 Å². The highest BCUT2D eigenvalue weighted by atomic mass is 32.2. The third kappa shape index (κ3) is 4.43. The summed E-state index contributed by atoms with van der Waals surface area (Å²) in [5, 5.41) is 2.93. The predicted molar refractivity (Wildman–Crippen MR) is 97.9 cm³/mol. The number of ether oxygens (including phenoxy) is 1. The number of nitrogens with one attached hydrogen (secondary N) is 2. The van der Waals surface area contributed by atoms with E-state index in [1.807, 2.05) is 6.92 Å². The van der Waals surface area contributed by atoms with Crippen molar-refractivity contribution < 1.29 is 22.8 Å². The number of aryl methyl sites for hydroxylation is 1. The van der Waals surface area contributed by atoms with Gasteiger partial charge in [0.25, 0.3) is 5.91 Å². The van der Waals surface area contributed by atoms with Gasteiger partial charge in [0.1, 0.15) is 13.1 Å². The fraction of sp³-hybridized carbons (Fsp3) is 0.611. The molecule has 7 nitrogen and oxygen atoms in total. The number of nitrogens with zero attached hydrogens (tertiary/aromatic N) is 1. The van der Waals surface area contributed by atoms with Crippen LogP contribution in [0, 0.1) is 6.92 Å². The van der Waals surface area contributed by atoms with Gasteiger partial charge in [-0.2, -0.15) is 4.31 Å². The Hall–Kier alpha value is -1.48. The van der Waals surface area contributed by atoms with Gasteiger partial charge >= 0.3 is 0 Å². The lowest BCUT2D eigenvalue weighted by atomic mass is 10.1. The van der Waals surface area contributed by atoms with E-state index in [9.17, 15) is 13.2 Å². The smallest absolute Gasteiger partial charge is 0.251 e. The summed E-state index contributed by atoms with van der Waals surface area (Å²) >= 11 is 0. The van der Waals surface area contributed by atoms with Gasteiger partial charge in [-0.05, 0) is 37.5 Å². The number of hydrogen-bond donors (Lipinski definition) is 2. The SMILES string of the molecule is Cc1ccc(S(=O)(=O)N2CCCC2)cc1C(=O)NCC[NH+]1CCOCC1. The molecule has 26 heavy (non-hydrogen) atoms. The molecule has 0 radical (unpaired) electrons. The number of carbonyl (C=O) groups is 1. The molecule has 0 saturated carbocycles. The number of morpholine rings is 1. The van der Waals surface area contributed by atoms with Crippen LogP contribution in [0.5, 0.6) is 0 Å². The molecule has 0 unspecified atom stereocenters. The molecule has 1 amide bonds. The maximum Gasteiger partial charge on any atom is 0.251 e. The van der Waals surface area contributed by atoms with Crippen molar-refractivity contribution in [3.63, 3.8) is 0 Å². The number of amides is 1. The van der Waals surface area contributed by atoms with E-state index in [1.54, 1.807) is 12.1 Å². The van der Waals surface area contributed by atoms with E-state index in [0.29, 0.717) is 25.2 Å². The molecule has 2 heterocycles. The van der Waals surface area contributed by atoms with Crippen molar-refractivity contribution in [1.29, 1.82) is 0 Å². The van der Waals surface area contributed by atoms with Crippen LogP contribution in [0.1, 0.15) is 28.8 Å². The number of sulfonamides is 1. The molecule has 2 N–H and O–H groups in total. The second-order valence-corrected chi connectivity index (χ2v) is 8.89. The molecule has 3 rings (SSSR count). The van der Waals surface area contributed by atoms with Gasteiger partial charge in [-0.15, -0.1) is 0 Å². The summed E-state index contributed by atoms with van der Waals surface area (Å²) in [7, 11) is -3.51. The van der Waals surface area contributed by atoms with Gasteiger partial charge in [0.2, 0.25) is 10.0 Å². The third-order valence-corrected chi connectivity index (χ3v) is 7.02. The fourth-order valence-electron chi connectivity index (χ4n) is 3.44. The Balaban J connectivity index is 1.65. The molecule has 8 heteroatoms. The molecule has 0 aromatic heterocycles. The van der Waals surface area contributed by atoms with E-state index in [2.05, 4.69) is 5.32 Å². The molecular formula is C18H28N3O4S+. The Kier molecular flexibility index (Phi) is 6.29. The minimum Gasteiger partial charge on any atom is -0.370 e. The molecule has 0 aliphatic carbocycles. The van der Waals surface area contributed by atoms with Gasteiger partial charge in [-0.3, -0.25) is 4.79 Å². The second kappa shape index (κ2) is 8.47. The zero-order valence-electron chi connectivity index (χ0n) is 15.3. The van der Waals surface area contributed by atoms with E-state index in [0.717, 1.165) is 51.3 Å². The highest BCUT2D eigenvalue weighted by Gasteiger charge is 2.28. The topological polar surface area (TPSA) is 80.2 Å². The second-order valence-electron chi connectivity index (χ2n) is 6.96. The average molecular weight is 383 g/mol. The summed E-state index contributed by atoms with van der Waals surface area (Å²) in [5.74, 6) is -0.214. The molecule has 0 spiro atoms. The minimum atomic E-state index is -3.51. The van der Waals surface area contributed by atoms with Crippen LogP contribution in [0.25, 0.3) is 0 Å². The van der Waals surface area contributed by atoms with Gasteiger partial charge in [0, 0.05) is 18.7 Å². The van der Waals surface area contributed by atoms with Crippen LogP contribution in [-0.4, -0.2) is 71.1 Å². The maximum atomic E-state index is 12.7. The largest absolute Gasteiger partial charge is 0.370 e. The zero-order chi connectivity index (χ0) is 18.6. The normalized spacial score (nSPS) is 19.6.